The largest absolute Gasteiger partial charge is 0.464 e. The second-order valence-electron chi connectivity index (χ2n) is 8.29. The van der Waals surface area contributed by atoms with Gasteiger partial charge in [0.15, 0.2) is 17.3 Å². The second-order valence-corrected chi connectivity index (χ2v) is 9.32. The van der Waals surface area contributed by atoms with Gasteiger partial charge in [-0.2, -0.15) is 0 Å². The van der Waals surface area contributed by atoms with Gasteiger partial charge in [-0.15, -0.1) is 0 Å². The van der Waals surface area contributed by atoms with Gasteiger partial charge in [-0.05, 0) is 54.4 Å². The summed E-state index contributed by atoms with van der Waals surface area (Å²) in [5.74, 6) is -1.82. The van der Waals surface area contributed by atoms with Gasteiger partial charge in [-0.3, -0.25) is 14.9 Å². The maximum absolute atomic E-state index is 13.5. The number of epoxide rings is 1. The lowest BCUT2D eigenvalue weighted by atomic mass is 9.97. The first-order chi connectivity index (χ1) is 17.9. The predicted molar refractivity (Wildman–Crippen MR) is 136 cm³/mol. The van der Waals surface area contributed by atoms with Crippen molar-refractivity contribution in [3.63, 3.8) is 0 Å². The molecule has 8 nitrogen and oxygen atoms in total. The van der Waals surface area contributed by atoms with Crippen LogP contribution in [0.15, 0.2) is 72.8 Å². The number of nitrogens with one attached hydrogen (secondary N) is 2. The number of benzene rings is 3. The van der Waals surface area contributed by atoms with Crippen molar-refractivity contribution < 1.29 is 28.2 Å². The maximum atomic E-state index is 13.5. The molecule has 5 rings (SSSR count). The molecule has 0 bridgehead atoms. The highest BCUT2D eigenvalue weighted by molar-refractivity contribution is 7.22. The molecule has 1 unspecified atom stereocenters. The van der Waals surface area contributed by atoms with Crippen LogP contribution >= 0.6 is 11.3 Å². The summed E-state index contributed by atoms with van der Waals surface area (Å²) in [5.41, 5.74) is 2.49. The smallest absolute Gasteiger partial charge is 0.338 e. The number of hydrogen-bond acceptors (Lipinski definition) is 7. The summed E-state index contributed by atoms with van der Waals surface area (Å²) in [6.45, 7) is 1.85. The fourth-order valence-corrected chi connectivity index (χ4v) is 4.74. The van der Waals surface area contributed by atoms with Crippen molar-refractivity contribution in [3.05, 3.63) is 95.3 Å². The average Bonchev–Trinajstić information content (AvgIpc) is 3.61. The van der Waals surface area contributed by atoms with Crippen molar-refractivity contribution in [2.45, 2.75) is 25.2 Å². The molecule has 188 valence electrons. The van der Waals surface area contributed by atoms with Gasteiger partial charge in [0.1, 0.15) is 5.82 Å². The van der Waals surface area contributed by atoms with Crippen molar-refractivity contribution in [2.75, 3.05) is 11.9 Å². The van der Waals surface area contributed by atoms with Crippen LogP contribution in [0.4, 0.5) is 9.52 Å². The van der Waals surface area contributed by atoms with Crippen LogP contribution in [0.1, 0.15) is 34.5 Å². The molecule has 0 radical (unpaired) electrons. The standard InChI is InChI=1S/C27H22FN3O5S/c1-2-35-26(34)23-22(36-23)25(33)30-21(16-11-13-18(28)14-12-16)15-7-9-17(10-8-15)24(32)31-27-29-19-5-3-4-6-20(19)37-27/h3-14,21-23H,2H2,1H3,(H,30,33)(H,29,31,32)/t21?,22-,23-/m0/s1. The Labute approximate surface area is 215 Å². The number of carbonyl (C=O) groups excluding carboxylic acids is 3. The lowest BCUT2D eigenvalue weighted by Gasteiger charge is -2.20. The molecule has 0 saturated carbocycles. The maximum Gasteiger partial charge on any atom is 0.338 e. The quantitative estimate of drug-likeness (QED) is 0.266. The summed E-state index contributed by atoms with van der Waals surface area (Å²) in [6, 6.07) is 19.3. The fourth-order valence-electron chi connectivity index (χ4n) is 3.88. The second kappa shape index (κ2) is 10.5. The number of hydrogen-bond donors (Lipinski definition) is 2. The summed E-state index contributed by atoms with van der Waals surface area (Å²) in [6.07, 6.45) is -1.90. The van der Waals surface area contributed by atoms with Crippen LogP contribution in [-0.4, -0.2) is 41.6 Å². The highest BCUT2D eigenvalue weighted by Crippen LogP contribution is 2.29. The third-order valence-corrected chi connectivity index (χ3v) is 6.73. The predicted octanol–water partition coefficient (Wildman–Crippen LogP) is 4.22. The van der Waals surface area contributed by atoms with Gasteiger partial charge in [-0.25, -0.2) is 14.2 Å². The molecular weight excluding hydrogens is 497 g/mol. The molecule has 1 aliphatic rings. The molecule has 3 atom stereocenters. The van der Waals surface area contributed by atoms with E-state index >= 15 is 0 Å². The van der Waals surface area contributed by atoms with E-state index in [1.807, 2.05) is 24.3 Å². The van der Waals surface area contributed by atoms with Crippen LogP contribution in [0.2, 0.25) is 0 Å². The van der Waals surface area contributed by atoms with Gasteiger partial charge in [-0.1, -0.05) is 47.7 Å². The van der Waals surface area contributed by atoms with E-state index in [-0.39, 0.29) is 12.5 Å². The highest BCUT2D eigenvalue weighted by atomic mass is 32.1. The Bertz CT molecular complexity index is 1420. The summed E-state index contributed by atoms with van der Waals surface area (Å²) in [5, 5.41) is 6.16. The first-order valence-corrected chi connectivity index (χ1v) is 12.4. The van der Waals surface area contributed by atoms with E-state index in [1.54, 1.807) is 43.3 Å². The Morgan fingerprint density at radius 1 is 1.00 bits per heavy atom. The van der Waals surface area contributed by atoms with E-state index in [0.29, 0.717) is 21.8 Å². The molecule has 2 heterocycles. The lowest BCUT2D eigenvalue weighted by molar-refractivity contribution is -0.144. The van der Waals surface area contributed by atoms with Crippen molar-refractivity contribution in [1.29, 1.82) is 0 Å². The number of esters is 1. The molecule has 37 heavy (non-hydrogen) atoms. The normalized spacial score (nSPS) is 17.1. The Kier molecular flexibility index (Phi) is 6.93. The average molecular weight is 520 g/mol. The third-order valence-electron chi connectivity index (χ3n) is 5.78. The van der Waals surface area contributed by atoms with Crippen molar-refractivity contribution in [3.8, 4) is 0 Å². The highest BCUT2D eigenvalue weighted by Gasteiger charge is 2.52. The number of ether oxygens (including phenoxy) is 2. The molecule has 3 aromatic carbocycles. The van der Waals surface area contributed by atoms with Crippen LogP contribution < -0.4 is 10.6 Å². The Hall–Kier alpha value is -4.15. The first-order valence-electron chi connectivity index (χ1n) is 11.6. The molecule has 0 aliphatic carbocycles. The number of fused-ring (bicyclic) bond motifs is 1. The molecule has 0 spiro atoms. The number of amides is 2. The zero-order valence-corrected chi connectivity index (χ0v) is 20.5. The molecule has 4 aromatic rings. The Balaban J connectivity index is 1.32. The summed E-state index contributed by atoms with van der Waals surface area (Å²) in [4.78, 5) is 41.9. The zero-order valence-electron chi connectivity index (χ0n) is 19.6. The number of aromatic nitrogens is 1. The number of halogens is 1. The Morgan fingerprint density at radius 2 is 1.68 bits per heavy atom. The Morgan fingerprint density at radius 3 is 2.35 bits per heavy atom. The number of carbonyl (C=O) groups is 3. The van der Waals surface area contributed by atoms with E-state index in [4.69, 9.17) is 9.47 Å². The molecule has 2 N–H and O–H groups in total. The van der Waals surface area contributed by atoms with Crippen LogP contribution in [0.5, 0.6) is 0 Å². The molecule has 10 heteroatoms. The molecule has 1 aromatic heterocycles. The number of nitrogens with zero attached hydrogens (tertiary/aromatic N) is 1. The van der Waals surface area contributed by atoms with Gasteiger partial charge >= 0.3 is 5.97 Å². The fraction of sp³-hybridized carbons (Fsp3) is 0.185. The van der Waals surface area contributed by atoms with E-state index in [9.17, 15) is 18.8 Å². The van der Waals surface area contributed by atoms with Gasteiger partial charge < -0.3 is 14.8 Å². The minimum atomic E-state index is -0.958. The minimum absolute atomic E-state index is 0.185. The van der Waals surface area contributed by atoms with Gasteiger partial charge in [0, 0.05) is 5.56 Å². The zero-order chi connectivity index (χ0) is 25.9. The first kappa shape index (κ1) is 24.5. The number of para-hydroxylation sites is 1. The van der Waals surface area contributed by atoms with Crippen molar-refractivity contribution >= 4 is 44.5 Å². The van der Waals surface area contributed by atoms with Crippen molar-refractivity contribution in [2.24, 2.45) is 0 Å². The van der Waals surface area contributed by atoms with E-state index in [0.717, 1.165) is 10.2 Å². The molecule has 1 aliphatic heterocycles. The minimum Gasteiger partial charge on any atom is -0.464 e. The van der Waals surface area contributed by atoms with Crippen LogP contribution in [0.25, 0.3) is 10.2 Å². The van der Waals surface area contributed by atoms with Gasteiger partial charge in [0.25, 0.3) is 11.8 Å². The molecule has 1 saturated heterocycles. The molecule has 2 amide bonds. The topological polar surface area (TPSA) is 110 Å². The third kappa shape index (κ3) is 5.50. The van der Waals surface area contributed by atoms with Gasteiger partial charge in [0.2, 0.25) is 0 Å². The van der Waals surface area contributed by atoms with Crippen molar-refractivity contribution in [1.82, 2.24) is 10.3 Å². The van der Waals surface area contributed by atoms with Crippen LogP contribution in [0, 0.1) is 5.82 Å². The molecule has 1 fully saturated rings. The number of rotatable bonds is 8. The number of anilines is 1. The summed E-state index contributed by atoms with van der Waals surface area (Å²) < 4.78 is 24.6. The summed E-state index contributed by atoms with van der Waals surface area (Å²) >= 11 is 1.38. The van der Waals surface area contributed by atoms with Crippen LogP contribution in [-0.2, 0) is 19.1 Å². The number of thiazole rings is 1. The van der Waals surface area contributed by atoms with Crippen LogP contribution in [0.3, 0.4) is 0 Å². The monoisotopic (exact) mass is 519 g/mol. The lowest BCUT2D eigenvalue weighted by Crippen LogP contribution is -2.34. The summed E-state index contributed by atoms with van der Waals surface area (Å²) in [7, 11) is 0. The van der Waals surface area contributed by atoms with E-state index in [2.05, 4.69) is 15.6 Å². The molecular formula is C27H22FN3O5S. The van der Waals surface area contributed by atoms with E-state index < -0.39 is 35.9 Å². The SMILES string of the molecule is CCOC(=O)[C@H]1O[C@@H]1C(=O)NC(c1ccc(F)cc1)c1ccc(C(=O)Nc2nc3ccccc3s2)cc1. The van der Waals surface area contributed by atoms with Gasteiger partial charge in [0.05, 0.1) is 22.9 Å². The van der Waals surface area contributed by atoms with E-state index in [1.165, 1.54) is 23.5 Å².